The van der Waals surface area contributed by atoms with E-state index in [1.165, 1.54) is 0 Å². The fourth-order valence-electron chi connectivity index (χ4n) is 1.71. The van der Waals surface area contributed by atoms with Crippen molar-refractivity contribution in [3.63, 3.8) is 0 Å². The zero-order chi connectivity index (χ0) is 13.0. The van der Waals surface area contributed by atoms with Crippen LogP contribution in [0.1, 0.15) is 5.82 Å². The lowest BCUT2D eigenvalue weighted by atomic mass is 10.2. The van der Waals surface area contributed by atoms with Crippen LogP contribution in [0.3, 0.4) is 0 Å². The van der Waals surface area contributed by atoms with Gasteiger partial charge >= 0.3 is 0 Å². The van der Waals surface area contributed by atoms with Gasteiger partial charge in [0.15, 0.2) is 11.6 Å². The summed E-state index contributed by atoms with van der Waals surface area (Å²) in [4.78, 5) is 0. The van der Waals surface area contributed by atoms with Gasteiger partial charge in [0.25, 0.3) is 0 Å². The maximum atomic E-state index is 9.24. The highest BCUT2D eigenvalue weighted by Crippen LogP contribution is 2.21. The van der Waals surface area contributed by atoms with Gasteiger partial charge in [0, 0.05) is 24.2 Å². The van der Waals surface area contributed by atoms with Gasteiger partial charge in [-0.3, -0.25) is 0 Å². The summed E-state index contributed by atoms with van der Waals surface area (Å²) in [7, 11) is 1.63. The molecular formula is C12H14ClN3O2. The van der Waals surface area contributed by atoms with Crippen molar-refractivity contribution in [3.05, 3.63) is 35.1 Å². The molecule has 0 fully saturated rings. The molecule has 0 saturated carbocycles. The number of rotatable bonds is 5. The molecule has 2 rings (SSSR count). The molecule has 1 aromatic heterocycles. The number of halogens is 1. The summed E-state index contributed by atoms with van der Waals surface area (Å²) in [5.41, 5.74) is 0.866. The van der Waals surface area contributed by atoms with E-state index in [9.17, 15) is 5.11 Å². The molecule has 0 aliphatic carbocycles. The first kappa shape index (κ1) is 13.0. The van der Waals surface area contributed by atoms with Crippen molar-refractivity contribution in [3.8, 4) is 11.4 Å². The molecule has 1 heterocycles. The van der Waals surface area contributed by atoms with E-state index in [0.29, 0.717) is 29.8 Å². The maximum absolute atomic E-state index is 9.24. The van der Waals surface area contributed by atoms with Gasteiger partial charge in [-0.15, -0.1) is 10.2 Å². The van der Waals surface area contributed by atoms with Crippen LogP contribution in [0.15, 0.2) is 24.3 Å². The minimum Gasteiger partial charge on any atom is -0.388 e. The second kappa shape index (κ2) is 5.95. The summed E-state index contributed by atoms with van der Waals surface area (Å²) in [6.45, 7) is 0.955. The fourth-order valence-corrected chi connectivity index (χ4v) is 1.90. The number of nitrogens with zero attached hydrogens (tertiary/aromatic N) is 3. The summed E-state index contributed by atoms with van der Waals surface area (Å²) >= 11 is 5.96. The number of hydrogen-bond acceptors (Lipinski definition) is 4. The second-order valence-corrected chi connectivity index (χ2v) is 4.19. The third-order valence-corrected chi connectivity index (χ3v) is 2.81. The van der Waals surface area contributed by atoms with Crippen molar-refractivity contribution in [2.24, 2.45) is 0 Å². The molecule has 0 aliphatic heterocycles. The smallest absolute Gasteiger partial charge is 0.164 e. The summed E-state index contributed by atoms with van der Waals surface area (Å²) in [5, 5.41) is 17.9. The summed E-state index contributed by atoms with van der Waals surface area (Å²) < 4.78 is 6.87. The van der Waals surface area contributed by atoms with Gasteiger partial charge in [-0.2, -0.15) is 0 Å². The molecule has 2 aromatic rings. The Hall–Kier alpha value is -1.43. The maximum Gasteiger partial charge on any atom is 0.164 e. The zero-order valence-corrected chi connectivity index (χ0v) is 10.8. The molecule has 0 saturated heterocycles. The Morgan fingerprint density at radius 1 is 1.39 bits per heavy atom. The first-order chi connectivity index (χ1) is 8.76. The standard InChI is InChI=1S/C12H14ClN3O2/c1-18-6-5-16-11(8-17)14-15-12(16)9-3-2-4-10(13)7-9/h2-4,7,17H,5-6,8H2,1H3. The number of aliphatic hydroxyl groups excluding tert-OH is 1. The first-order valence-electron chi connectivity index (χ1n) is 5.54. The molecule has 1 aromatic carbocycles. The van der Waals surface area contributed by atoms with E-state index in [0.717, 1.165) is 5.56 Å². The average Bonchev–Trinajstić information content (AvgIpc) is 2.79. The van der Waals surface area contributed by atoms with E-state index in [-0.39, 0.29) is 6.61 Å². The third-order valence-electron chi connectivity index (χ3n) is 2.57. The van der Waals surface area contributed by atoms with E-state index in [4.69, 9.17) is 16.3 Å². The van der Waals surface area contributed by atoms with Crippen LogP contribution in [0.4, 0.5) is 0 Å². The lowest BCUT2D eigenvalue weighted by Gasteiger charge is -2.08. The van der Waals surface area contributed by atoms with Crippen LogP contribution in [0, 0.1) is 0 Å². The monoisotopic (exact) mass is 267 g/mol. The molecule has 0 amide bonds. The topological polar surface area (TPSA) is 60.2 Å². The number of methoxy groups -OCH3 is 1. The molecule has 0 atom stereocenters. The number of benzene rings is 1. The molecule has 0 radical (unpaired) electrons. The van der Waals surface area contributed by atoms with Gasteiger partial charge in [0.05, 0.1) is 6.61 Å². The predicted octanol–water partition coefficient (Wildman–Crippen LogP) is 1.74. The number of ether oxygens (including phenoxy) is 1. The third kappa shape index (κ3) is 2.69. The minimum atomic E-state index is -0.155. The molecular weight excluding hydrogens is 254 g/mol. The molecule has 0 aliphatic rings. The Labute approximate surface area is 110 Å². The minimum absolute atomic E-state index is 0.155. The van der Waals surface area contributed by atoms with Gasteiger partial charge in [0.1, 0.15) is 6.61 Å². The van der Waals surface area contributed by atoms with Gasteiger partial charge in [-0.1, -0.05) is 23.7 Å². The van der Waals surface area contributed by atoms with Gasteiger partial charge < -0.3 is 14.4 Å². The molecule has 96 valence electrons. The van der Waals surface area contributed by atoms with Crippen LogP contribution >= 0.6 is 11.6 Å². The van der Waals surface area contributed by atoms with Crippen molar-refractivity contribution < 1.29 is 9.84 Å². The van der Waals surface area contributed by atoms with Crippen molar-refractivity contribution in [1.82, 2.24) is 14.8 Å². The zero-order valence-electron chi connectivity index (χ0n) is 10.0. The van der Waals surface area contributed by atoms with Gasteiger partial charge in [0.2, 0.25) is 0 Å². The number of aromatic nitrogens is 3. The van der Waals surface area contributed by atoms with Crippen molar-refractivity contribution in [1.29, 1.82) is 0 Å². The lowest BCUT2D eigenvalue weighted by Crippen LogP contribution is -2.10. The van der Waals surface area contributed by atoms with Crippen LogP contribution in [-0.2, 0) is 17.9 Å². The second-order valence-electron chi connectivity index (χ2n) is 3.75. The number of aliphatic hydroxyl groups is 1. The highest BCUT2D eigenvalue weighted by molar-refractivity contribution is 6.30. The van der Waals surface area contributed by atoms with E-state index in [1.807, 2.05) is 22.8 Å². The molecule has 0 bridgehead atoms. The van der Waals surface area contributed by atoms with Crippen LogP contribution in [0.2, 0.25) is 5.02 Å². The Kier molecular flexibility index (Phi) is 4.30. The Morgan fingerprint density at radius 2 is 2.22 bits per heavy atom. The molecule has 18 heavy (non-hydrogen) atoms. The largest absolute Gasteiger partial charge is 0.388 e. The Balaban J connectivity index is 2.40. The molecule has 1 N–H and O–H groups in total. The quantitative estimate of drug-likeness (QED) is 0.896. The van der Waals surface area contributed by atoms with Crippen LogP contribution < -0.4 is 0 Å². The van der Waals surface area contributed by atoms with Crippen LogP contribution in [0.25, 0.3) is 11.4 Å². The van der Waals surface area contributed by atoms with Crippen molar-refractivity contribution >= 4 is 11.6 Å². The number of hydrogen-bond donors (Lipinski definition) is 1. The first-order valence-corrected chi connectivity index (χ1v) is 5.92. The van der Waals surface area contributed by atoms with E-state index in [2.05, 4.69) is 10.2 Å². The predicted molar refractivity (Wildman–Crippen MR) is 68.3 cm³/mol. The van der Waals surface area contributed by atoms with Gasteiger partial charge in [-0.25, -0.2) is 0 Å². The van der Waals surface area contributed by atoms with E-state index >= 15 is 0 Å². The molecule has 0 unspecified atom stereocenters. The van der Waals surface area contributed by atoms with Crippen LogP contribution in [-0.4, -0.2) is 33.6 Å². The van der Waals surface area contributed by atoms with Crippen molar-refractivity contribution in [2.45, 2.75) is 13.2 Å². The SMILES string of the molecule is COCCn1c(CO)nnc1-c1cccc(Cl)c1. The Morgan fingerprint density at radius 3 is 2.89 bits per heavy atom. The highest BCUT2D eigenvalue weighted by atomic mass is 35.5. The van der Waals surface area contributed by atoms with Gasteiger partial charge in [-0.05, 0) is 12.1 Å². The highest BCUT2D eigenvalue weighted by Gasteiger charge is 2.13. The molecule has 6 heteroatoms. The summed E-state index contributed by atoms with van der Waals surface area (Å²) in [5.74, 6) is 1.20. The van der Waals surface area contributed by atoms with Crippen LogP contribution in [0.5, 0.6) is 0 Å². The summed E-state index contributed by atoms with van der Waals surface area (Å²) in [6, 6.07) is 7.37. The van der Waals surface area contributed by atoms with Crippen molar-refractivity contribution in [2.75, 3.05) is 13.7 Å². The van der Waals surface area contributed by atoms with E-state index in [1.54, 1.807) is 13.2 Å². The van der Waals surface area contributed by atoms with E-state index < -0.39 is 0 Å². The Bertz CT molecular complexity index is 528. The fraction of sp³-hybridized carbons (Fsp3) is 0.333. The molecule has 0 spiro atoms. The molecule has 5 nitrogen and oxygen atoms in total. The summed E-state index contributed by atoms with van der Waals surface area (Å²) in [6.07, 6.45) is 0. The average molecular weight is 268 g/mol. The lowest BCUT2D eigenvalue weighted by molar-refractivity contribution is 0.183. The normalized spacial score (nSPS) is 10.8.